The van der Waals surface area contributed by atoms with E-state index in [4.69, 9.17) is 10.8 Å². The van der Waals surface area contributed by atoms with Gasteiger partial charge in [-0.15, -0.1) is 10.2 Å². The van der Waals surface area contributed by atoms with Gasteiger partial charge in [0.05, 0.1) is 16.8 Å². The van der Waals surface area contributed by atoms with Crippen molar-refractivity contribution in [1.82, 2.24) is 20.0 Å². The van der Waals surface area contributed by atoms with Gasteiger partial charge in [-0.25, -0.2) is 4.79 Å². The molecular weight excluding hydrogens is 310 g/mol. The number of nitrogens with zero attached hydrogens (tertiary/aromatic N) is 3. The van der Waals surface area contributed by atoms with Crippen LogP contribution in [0.2, 0.25) is 0 Å². The summed E-state index contributed by atoms with van der Waals surface area (Å²) in [5, 5.41) is 21.4. The van der Waals surface area contributed by atoms with Gasteiger partial charge < -0.3 is 15.9 Å². The number of nitrogens with two attached hydrogens (primary N) is 1. The zero-order valence-corrected chi connectivity index (χ0v) is 12.2. The van der Waals surface area contributed by atoms with Crippen LogP contribution in [0.3, 0.4) is 0 Å². The average molecular weight is 321 g/mol. The van der Waals surface area contributed by atoms with E-state index in [2.05, 4.69) is 15.3 Å². The summed E-state index contributed by atoms with van der Waals surface area (Å²) in [4.78, 5) is 22.3. The van der Waals surface area contributed by atoms with Gasteiger partial charge >= 0.3 is 5.97 Å². The highest BCUT2D eigenvalue weighted by molar-refractivity contribution is 6.12. The number of amides is 1. The number of aromatic nitrogens is 4. The van der Waals surface area contributed by atoms with E-state index in [1.54, 1.807) is 29.1 Å². The smallest absolute Gasteiger partial charge is 0.335 e. The van der Waals surface area contributed by atoms with Gasteiger partial charge in [-0.3, -0.25) is 9.48 Å². The van der Waals surface area contributed by atoms with Crippen LogP contribution in [-0.2, 0) is 0 Å². The topological polar surface area (TPSA) is 127 Å². The molecule has 0 atom stereocenters. The van der Waals surface area contributed by atoms with Crippen LogP contribution < -0.4 is 5.73 Å². The Morgan fingerprint density at radius 3 is 2.46 bits per heavy atom. The summed E-state index contributed by atoms with van der Waals surface area (Å²) < 4.78 is 1.79. The van der Waals surface area contributed by atoms with Crippen LogP contribution in [0.25, 0.3) is 27.5 Å². The Hall–Kier alpha value is -3.68. The highest BCUT2D eigenvalue weighted by Gasteiger charge is 2.16. The quantitative estimate of drug-likeness (QED) is 0.529. The summed E-state index contributed by atoms with van der Waals surface area (Å²) in [6, 6.07) is 10.0. The molecule has 2 aromatic heterocycles. The molecule has 0 bridgehead atoms. The number of H-pyrrole nitrogens is 1. The predicted molar refractivity (Wildman–Crippen MR) is 86.2 cm³/mol. The van der Waals surface area contributed by atoms with Crippen LogP contribution in [0.4, 0.5) is 0 Å². The van der Waals surface area contributed by atoms with Crippen LogP contribution in [-0.4, -0.2) is 37.0 Å². The predicted octanol–water partition coefficient (Wildman–Crippen LogP) is 1.70. The highest BCUT2D eigenvalue weighted by Crippen LogP contribution is 2.27. The number of primary amides is 1. The van der Waals surface area contributed by atoms with Gasteiger partial charge in [0.2, 0.25) is 0 Å². The molecule has 8 nitrogen and oxygen atoms in total. The lowest BCUT2D eigenvalue weighted by Gasteiger charge is -2.05. The number of hydrogen-bond donors (Lipinski definition) is 3. The minimum absolute atomic E-state index is 0.144. The number of benzene rings is 2. The molecule has 0 saturated heterocycles. The molecule has 24 heavy (non-hydrogen) atoms. The molecule has 118 valence electrons. The lowest BCUT2D eigenvalue weighted by Crippen LogP contribution is -2.11. The maximum Gasteiger partial charge on any atom is 0.335 e. The largest absolute Gasteiger partial charge is 0.478 e. The third kappa shape index (κ3) is 1.93. The zero-order valence-electron chi connectivity index (χ0n) is 12.2. The second-order valence-corrected chi connectivity index (χ2v) is 5.27. The molecule has 0 fully saturated rings. The van der Waals surface area contributed by atoms with Crippen molar-refractivity contribution < 1.29 is 14.7 Å². The van der Waals surface area contributed by atoms with Gasteiger partial charge in [0.15, 0.2) is 5.69 Å². The van der Waals surface area contributed by atoms with E-state index >= 15 is 0 Å². The van der Waals surface area contributed by atoms with Gasteiger partial charge in [-0.2, -0.15) is 0 Å². The Morgan fingerprint density at radius 2 is 1.79 bits per heavy atom. The molecule has 4 rings (SSSR count). The Kier molecular flexibility index (Phi) is 2.86. The molecule has 4 aromatic rings. The second kappa shape index (κ2) is 4.92. The molecule has 2 aromatic carbocycles. The fourth-order valence-corrected chi connectivity index (χ4v) is 2.73. The van der Waals surface area contributed by atoms with E-state index in [-0.39, 0.29) is 11.3 Å². The molecule has 0 radical (unpaired) electrons. The molecule has 0 aliphatic carbocycles. The van der Waals surface area contributed by atoms with E-state index in [0.29, 0.717) is 10.9 Å². The number of aromatic amines is 1. The van der Waals surface area contributed by atoms with E-state index in [0.717, 1.165) is 16.6 Å². The first-order valence-electron chi connectivity index (χ1n) is 7.05. The first kappa shape index (κ1) is 13.9. The number of carboxylic acids is 1. The third-order valence-corrected chi connectivity index (χ3v) is 3.88. The Bertz CT molecular complexity index is 1110. The standard InChI is InChI=1S/C16H11N5O3/c17-15(22)14-10-5-6-12-11(13(10)19-20-14)7-18-21(12)9-3-1-8(2-4-9)16(23)24/h1-7,18H,(H2,17,22)(H,23,24). The van der Waals surface area contributed by atoms with Crippen molar-refractivity contribution in [2.45, 2.75) is 0 Å². The van der Waals surface area contributed by atoms with Crippen molar-refractivity contribution in [2.75, 3.05) is 0 Å². The second-order valence-electron chi connectivity index (χ2n) is 5.27. The minimum Gasteiger partial charge on any atom is -0.478 e. The van der Waals surface area contributed by atoms with Gasteiger partial charge in [-0.05, 0) is 36.4 Å². The molecule has 0 saturated carbocycles. The number of rotatable bonds is 3. The van der Waals surface area contributed by atoms with Crippen molar-refractivity contribution in [3.05, 3.63) is 53.9 Å². The molecular formula is C16H11N5O3. The highest BCUT2D eigenvalue weighted by atomic mass is 16.4. The number of carbonyl (C=O) groups is 2. The Labute approximate surface area is 134 Å². The molecule has 0 spiro atoms. The summed E-state index contributed by atoms with van der Waals surface area (Å²) in [5.74, 6) is -1.60. The summed E-state index contributed by atoms with van der Waals surface area (Å²) in [6.07, 6.45) is 1.75. The number of carbonyl (C=O) groups excluding carboxylic acids is 1. The molecule has 0 unspecified atom stereocenters. The Balaban J connectivity index is 1.90. The molecule has 4 N–H and O–H groups in total. The zero-order chi connectivity index (χ0) is 16.8. The van der Waals surface area contributed by atoms with Crippen LogP contribution >= 0.6 is 0 Å². The number of fused-ring (bicyclic) bond motifs is 3. The van der Waals surface area contributed by atoms with Crippen LogP contribution in [0, 0.1) is 0 Å². The lowest BCUT2D eigenvalue weighted by atomic mass is 10.1. The van der Waals surface area contributed by atoms with Crippen molar-refractivity contribution in [3.63, 3.8) is 0 Å². The SMILES string of the molecule is NC(=O)c1nnc2c1ccc1c2c[nH]n1-c1ccc(C(=O)O)cc1. The van der Waals surface area contributed by atoms with E-state index in [1.807, 2.05) is 6.07 Å². The summed E-state index contributed by atoms with van der Waals surface area (Å²) in [5.41, 5.74) is 7.83. The molecule has 0 aliphatic heterocycles. The van der Waals surface area contributed by atoms with Gasteiger partial charge in [0.25, 0.3) is 5.91 Å². The maximum atomic E-state index is 11.4. The molecule has 1 amide bonds. The monoisotopic (exact) mass is 321 g/mol. The van der Waals surface area contributed by atoms with Crippen molar-refractivity contribution in [1.29, 1.82) is 0 Å². The fourth-order valence-electron chi connectivity index (χ4n) is 2.73. The normalized spacial score (nSPS) is 11.2. The van der Waals surface area contributed by atoms with E-state index in [9.17, 15) is 9.59 Å². The third-order valence-electron chi connectivity index (χ3n) is 3.88. The number of aromatic carboxylic acids is 1. The van der Waals surface area contributed by atoms with Crippen molar-refractivity contribution >= 4 is 33.7 Å². The van der Waals surface area contributed by atoms with Crippen molar-refractivity contribution in [2.24, 2.45) is 5.73 Å². The maximum absolute atomic E-state index is 11.4. The number of nitrogens with one attached hydrogen (secondary N) is 1. The average Bonchev–Trinajstić information content (AvgIpc) is 3.18. The molecule has 0 aliphatic rings. The molecule has 8 heteroatoms. The summed E-state index contributed by atoms with van der Waals surface area (Å²) in [7, 11) is 0. The van der Waals surface area contributed by atoms with Gasteiger partial charge in [0.1, 0.15) is 5.52 Å². The van der Waals surface area contributed by atoms with Crippen LogP contribution in [0.5, 0.6) is 0 Å². The number of carboxylic acid groups (broad SMARTS) is 1. The van der Waals surface area contributed by atoms with Crippen LogP contribution in [0.15, 0.2) is 42.6 Å². The summed E-state index contributed by atoms with van der Waals surface area (Å²) in [6.45, 7) is 0. The van der Waals surface area contributed by atoms with E-state index < -0.39 is 11.9 Å². The van der Waals surface area contributed by atoms with Crippen LogP contribution in [0.1, 0.15) is 20.8 Å². The lowest BCUT2D eigenvalue weighted by molar-refractivity contribution is 0.0696. The molecule has 2 heterocycles. The Morgan fingerprint density at radius 1 is 1.04 bits per heavy atom. The van der Waals surface area contributed by atoms with E-state index in [1.165, 1.54) is 12.1 Å². The summed E-state index contributed by atoms with van der Waals surface area (Å²) >= 11 is 0. The van der Waals surface area contributed by atoms with Crippen molar-refractivity contribution in [3.8, 4) is 5.69 Å². The van der Waals surface area contributed by atoms with Gasteiger partial charge in [0, 0.05) is 17.0 Å². The number of hydrogen-bond acceptors (Lipinski definition) is 4. The van der Waals surface area contributed by atoms with Gasteiger partial charge in [-0.1, -0.05) is 0 Å². The first-order valence-corrected chi connectivity index (χ1v) is 7.05. The fraction of sp³-hybridized carbons (Fsp3) is 0. The minimum atomic E-state index is -0.976. The first-order chi connectivity index (χ1) is 11.6.